The highest BCUT2D eigenvalue weighted by atomic mass is 19.1. The predicted molar refractivity (Wildman–Crippen MR) is 71.6 cm³/mol. The topological polar surface area (TPSA) is 86.0 Å². The lowest BCUT2D eigenvalue weighted by atomic mass is 10.2. The van der Waals surface area contributed by atoms with Crippen LogP contribution in [0.25, 0.3) is 10.9 Å². The van der Waals surface area contributed by atoms with E-state index < -0.39 is 5.82 Å². The van der Waals surface area contributed by atoms with Crippen molar-refractivity contribution < 1.29 is 9.13 Å². The van der Waals surface area contributed by atoms with Crippen molar-refractivity contribution in [1.82, 2.24) is 15.0 Å². The van der Waals surface area contributed by atoms with E-state index in [1.807, 2.05) is 18.2 Å². The van der Waals surface area contributed by atoms with Gasteiger partial charge in [0.15, 0.2) is 5.75 Å². The van der Waals surface area contributed by atoms with E-state index in [2.05, 4.69) is 20.4 Å². The Morgan fingerprint density at radius 3 is 2.85 bits per heavy atom. The third-order valence-corrected chi connectivity index (χ3v) is 2.64. The van der Waals surface area contributed by atoms with Crippen LogP contribution in [0.3, 0.4) is 0 Å². The highest BCUT2D eigenvalue weighted by molar-refractivity contribution is 5.84. The van der Waals surface area contributed by atoms with Gasteiger partial charge in [-0.15, -0.1) is 0 Å². The number of benzene rings is 1. The van der Waals surface area contributed by atoms with E-state index in [0.717, 1.165) is 11.6 Å². The lowest BCUT2D eigenvalue weighted by molar-refractivity contribution is 0.424. The minimum Gasteiger partial charge on any atom is -0.434 e. The summed E-state index contributed by atoms with van der Waals surface area (Å²) in [5.74, 6) is 4.76. The zero-order chi connectivity index (χ0) is 13.9. The molecule has 6 nitrogen and oxygen atoms in total. The molecule has 100 valence electrons. The molecule has 0 fully saturated rings. The molecule has 0 saturated carbocycles. The molecule has 0 saturated heterocycles. The number of hydrogen-bond donors (Lipinski definition) is 2. The van der Waals surface area contributed by atoms with Crippen molar-refractivity contribution in [3.8, 4) is 11.6 Å². The number of nitrogens with two attached hydrogens (primary N) is 1. The summed E-state index contributed by atoms with van der Waals surface area (Å²) in [6.45, 7) is 0. The number of hydrazine groups is 1. The molecule has 3 rings (SSSR count). The molecule has 2 aromatic heterocycles. The maximum atomic E-state index is 13.7. The number of halogens is 1. The summed E-state index contributed by atoms with van der Waals surface area (Å²) in [6.07, 6.45) is 2.62. The number of rotatable bonds is 3. The third-order valence-electron chi connectivity index (χ3n) is 2.64. The van der Waals surface area contributed by atoms with Gasteiger partial charge in [0.05, 0.1) is 6.20 Å². The minimum atomic E-state index is -0.683. The van der Waals surface area contributed by atoms with Crippen molar-refractivity contribution in [2.75, 3.05) is 5.43 Å². The molecule has 3 N–H and O–H groups in total. The van der Waals surface area contributed by atoms with Gasteiger partial charge >= 0.3 is 0 Å². The van der Waals surface area contributed by atoms with E-state index in [-0.39, 0.29) is 11.8 Å². The molecule has 0 aliphatic heterocycles. The molecule has 0 bridgehead atoms. The molecule has 0 atom stereocenters. The average molecular weight is 271 g/mol. The highest BCUT2D eigenvalue weighted by Gasteiger charge is 2.11. The summed E-state index contributed by atoms with van der Waals surface area (Å²) in [5.41, 5.74) is 2.85. The number of pyridine rings is 1. The molecule has 20 heavy (non-hydrogen) atoms. The fourth-order valence-electron chi connectivity index (χ4n) is 1.76. The molecule has 0 aliphatic carbocycles. The first-order chi connectivity index (χ1) is 9.78. The van der Waals surface area contributed by atoms with Crippen LogP contribution in [0.5, 0.6) is 11.6 Å². The van der Waals surface area contributed by atoms with E-state index in [1.165, 1.54) is 0 Å². The lowest BCUT2D eigenvalue weighted by Gasteiger charge is -2.08. The van der Waals surface area contributed by atoms with Crippen molar-refractivity contribution in [2.24, 2.45) is 5.84 Å². The monoisotopic (exact) mass is 271 g/mol. The average Bonchev–Trinajstić information content (AvgIpc) is 2.50. The van der Waals surface area contributed by atoms with Gasteiger partial charge in [-0.2, -0.15) is 9.37 Å². The Bertz CT molecular complexity index is 759. The highest BCUT2D eigenvalue weighted by Crippen LogP contribution is 2.28. The minimum absolute atomic E-state index is 0.0644. The molecule has 7 heteroatoms. The Hall–Kier alpha value is -2.80. The first-order valence-corrected chi connectivity index (χ1v) is 5.78. The predicted octanol–water partition coefficient (Wildman–Crippen LogP) is 2.24. The number of nitrogens with zero attached hydrogens (tertiary/aromatic N) is 3. The molecule has 0 radical (unpaired) electrons. The van der Waals surface area contributed by atoms with Gasteiger partial charge in [0.25, 0.3) is 5.88 Å². The van der Waals surface area contributed by atoms with Gasteiger partial charge < -0.3 is 4.74 Å². The molecule has 0 unspecified atom stereocenters. The van der Waals surface area contributed by atoms with Crippen molar-refractivity contribution in [3.05, 3.63) is 48.5 Å². The van der Waals surface area contributed by atoms with Crippen molar-refractivity contribution in [1.29, 1.82) is 0 Å². The number of nitrogen functional groups attached to an aromatic ring is 1. The fraction of sp³-hybridized carbons (Fsp3) is 0. The first kappa shape index (κ1) is 12.2. The zero-order valence-electron chi connectivity index (χ0n) is 10.2. The van der Waals surface area contributed by atoms with Gasteiger partial charge in [0.1, 0.15) is 5.52 Å². The summed E-state index contributed by atoms with van der Waals surface area (Å²) >= 11 is 0. The van der Waals surface area contributed by atoms with Crippen LogP contribution in [0.2, 0.25) is 0 Å². The standard InChI is InChI=1S/C13H10FN5O/c14-9-7-17-13(19-15)18-12(9)20-10-5-1-3-8-4-2-6-16-11(8)10/h1-7H,15H2,(H,17,18,19). The summed E-state index contributed by atoms with van der Waals surface area (Å²) < 4.78 is 19.1. The Balaban J connectivity index is 2.05. The van der Waals surface area contributed by atoms with Crippen LogP contribution in [0, 0.1) is 5.82 Å². The van der Waals surface area contributed by atoms with Gasteiger partial charge in [-0.3, -0.25) is 10.4 Å². The van der Waals surface area contributed by atoms with Crippen LogP contribution in [0.1, 0.15) is 0 Å². The van der Waals surface area contributed by atoms with E-state index >= 15 is 0 Å². The van der Waals surface area contributed by atoms with Gasteiger partial charge in [-0.1, -0.05) is 18.2 Å². The summed E-state index contributed by atoms with van der Waals surface area (Å²) in [7, 11) is 0. The molecule has 1 aromatic carbocycles. The molecule has 2 heterocycles. The third kappa shape index (κ3) is 2.21. The van der Waals surface area contributed by atoms with Crippen LogP contribution < -0.4 is 16.0 Å². The van der Waals surface area contributed by atoms with Gasteiger partial charge in [-0.25, -0.2) is 10.8 Å². The van der Waals surface area contributed by atoms with Crippen molar-refractivity contribution in [3.63, 3.8) is 0 Å². The summed E-state index contributed by atoms with van der Waals surface area (Å²) in [4.78, 5) is 11.7. The van der Waals surface area contributed by atoms with Gasteiger partial charge in [0.2, 0.25) is 11.8 Å². The lowest BCUT2D eigenvalue weighted by Crippen LogP contribution is -2.11. The maximum absolute atomic E-state index is 13.7. The molecule has 0 aliphatic rings. The van der Waals surface area contributed by atoms with Gasteiger partial charge in [0, 0.05) is 11.6 Å². The van der Waals surface area contributed by atoms with Crippen LogP contribution in [0.15, 0.2) is 42.7 Å². The van der Waals surface area contributed by atoms with Crippen LogP contribution in [-0.2, 0) is 0 Å². The second kappa shape index (κ2) is 5.06. The van der Waals surface area contributed by atoms with Gasteiger partial charge in [-0.05, 0) is 12.1 Å². The Kier molecular flexibility index (Phi) is 3.10. The SMILES string of the molecule is NNc1ncc(F)c(Oc2cccc3cccnc23)n1. The number of aromatic nitrogens is 3. The number of fused-ring (bicyclic) bond motifs is 1. The maximum Gasteiger partial charge on any atom is 0.260 e. The summed E-state index contributed by atoms with van der Waals surface area (Å²) in [5, 5.41) is 0.886. The molecule has 0 spiro atoms. The fourth-order valence-corrected chi connectivity index (χ4v) is 1.76. The Morgan fingerprint density at radius 2 is 2.00 bits per heavy atom. The Morgan fingerprint density at radius 1 is 1.15 bits per heavy atom. The molecular weight excluding hydrogens is 261 g/mol. The number of ether oxygens (including phenoxy) is 1. The first-order valence-electron chi connectivity index (χ1n) is 5.78. The van der Waals surface area contributed by atoms with Crippen LogP contribution >= 0.6 is 0 Å². The smallest absolute Gasteiger partial charge is 0.260 e. The van der Waals surface area contributed by atoms with E-state index in [0.29, 0.717) is 11.3 Å². The number of hydrogen-bond acceptors (Lipinski definition) is 6. The van der Waals surface area contributed by atoms with Crippen LogP contribution in [-0.4, -0.2) is 15.0 Å². The van der Waals surface area contributed by atoms with Crippen molar-refractivity contribution in [2.45, 2.75) is 0 Å². The molecular formula is C13H10FN5O. The molecule has 3 aromatic rings. The quantitative estimate of drug-likeness (QED) is 0.561. The van der Waals surface area contributed by atoms with Crippen molar-refractivity contribution >= 4 is 16.9 Å². The second-order valence-electron chi connectivity index (χ2n) is 3.92. The van der Waals surface area contributed by atoms with E-state index in [4.69, 9.17) is 10.6 Å². The number of para-hydroxylation sites is 1. The second-order valence-corrected chi connectivity index (χ2v) is 3.92. The van der Waals surface area contributed by atoms with E-state index in [9.17, 15) is 4.39 Å². The number of anilines is 1. The zero-order valence-corrected chi connectivity index (χ0v) is 10.2. The van der Waals surface area contributed by atoms with Crippen LogP contribution in [0.4, 0.5) is 10.3 Å². The molecule has 0 amide bonds. The largest absolute Gasteiger partial charge is 0.434 e. The Labute approximate surface area is 113 Å². The van der Waals surface area contributed by atoms with E-state index in [1.54, 1.807) is 18.3 Å². The summed E-state index contributed by atoms with van der Waals surface area (Å²) in [6, 6.07) is 9.07. The normalized spacial score (nSPS) is 10.5. The number of nitrogens with one attached hydrogen (secondary N) is 1.